The van der Waals surface area contributed by atoms with Crippen LogP contribution in [-0.2, 0) is 9.53 Å². The third kappa shape index (κ3) is 4.27. The Morgan fingerprint density at radius 2 is 1.92 bits per heavy atom. The van der Waals surface area contributed by atoms with E-state index in [0.29, 0.717) is 26.9 Å². The number of ether oxygens (including phenoxy) is 2. The molecule has 37 heavy (non-hydrogen) atoms. The van der Waals surface area contributed by atoms with E-state index in [-0.39, 0.29) is 39.0 Å². The van der Waals surface area contributed by atoms with Crippen LogP contribution < -0.4 is 20.8 Å². The van der Waals surface area contributed by atoms with E-state index >= 15 is 0 Å². The lowest BCUT2D eigenvalue weighted by Gasteiger charge is -2.22. The molecule has 2 N–H and O–H groups in total. The maximum absolute atomic E-state index is 13.7. The van der Waals surface area contributed by atoms with Crippen molar-refractivity contribution in [2.24, 2.45) is 5.73 Å². The standard InChI is InChI=1S/C25H18BrN3O7S/c1-11-22(24(33)34-2)37-25(28-11)29-19(12-3-6-14(7-4-12)35-10-17(27)30)18-20(31)15-9-13(26)5-8-16(15)36-21(18)23(29)32/h3-9,19H,10H2,1-2H3,(H2,27,30). The van der Waals surface area contributed by atoms with Crippen LogP contribution in [-0.4, -0.2) is 36.5 Å². The molecule has 4 aromatic rings. The van der Waals surface area contributed by atoms with Gasteiger partial charge < -0.3 is 19.6 Å². The van der Waals surface area contributed by atoms with Gasteiger partial charge in [0.25, 0.3) is 11.8 Å². The van der Waals surface area contributed by atoms with Crippen molar-refractivity contribution >= 4 is 61.2 Å². The van der Waals surface area contributed by atoms with E-state index in [0.717, 1.165) is 11.3 Å². The average molecular weight is 584 g/mol. The molecule has 1 aliphatic heterocycles. The maximum atomic E-state index is 13.7. The van der Waals surface area contributed by atoms with Gasteiger partial charge in [-0.3, -0.25) is 19.3 Å². The lowest BCUT2D eigenvalue weighted by atomic mass is 9.98. The predicted octanol–water partition coefficient (Wildman–Crippen LogP) is 3.72. The van der Waals surface area contributed by atoms with Gasteiger partial charge in [-0.25, -0.2) is 9.78 Å². The predicted molar refractivity (Wildman–Crippen MR) is 138 cm³/mol. The molecule has 0 bridgehead atoms. The van der Waals surface area contributed by atoms with Gasteiger partial charge in [0.05, 0.1) is 29.8 Å². The Morgan fingerprint density at radius 3 is 2.59 bits per heavy atom. The van der Waals surface area contributed by atoms with Crippen molar-refractivity contribution in [2.75, 3.05) is 18.6 Å². The van der Waals surface area contributed by atoms with Crippen molar-refractivity contribution in [1.82, 2.24) is 4.98 Å². The van der Waals surface area contributed by atoms with Gasteiger partial charge in [0.15, 0.2) is 17.2 Å². The van der Waals surface area contributed by atoms with Crippen molar-refractivity contribution in [1.29, 1.82) is 0 Å². The van der Waals surface area contributed by atoms with Crippen molar-refractivity contribution in [2.45, 2.75) is 13.0 Å². The largest absolute Gasteiger partial charge is 0.484 e. The minimum atomic E-state index is -0.900. The highest BCUT2D eigenvalue weighted by atomic mass is 79.9. The van der Waals surface area contributed by atoms with Crippen molar-refractivity contribution in [3.8, 4) is 5.75 Å². The summed E-state index contributed by atoms with van der Waals surface area (Å²) in [4.78, 5) is 56.7. The summed E-state index contributed by atoms with van der Waals surface area (Å²) in [6.07, 6.45) is 0. The first-order valence-corrected chi connectivity index (χ1v) is 12.5. The molecule has 1 aliphatic rings. The van der Waals surface area contributed by atoms with Crippen LogP contribution in [0.5, 0.6) is 5.75 Å². The molecule has 0 saturated heterocycles. The zero-order chi connectivity index (χ0) is 26.4. The number of fused-ring (bicyclic) bond motifs is 2. The number of thiazole rings is 1. The van der Waals surface area contributed by atoms with Crippen molar-refractivity contribution in [3.63, 3.8) is 0 Å². The molecule has 2 amide bonds. The number of nitrogens with two attached hydrogens (primary N) is 1. The van der Waals surface area contributed by atoms with Gasteiger partial charge in [-0.15, -0.1) is 0 Å². The number of nitrogens with zero attached hydrogens (tertiary/aromatic N) is 2. The number of anilines is 1. The van der Waals surface area contributed by atoms with E-state index in [4.69, 9.17) is 19.6 Å². The normalized spacial score (nSPS) is 14.6. The lowest BCUT2D eigenvalue weighted by molar-refractivity contribution is -0.119. The van der Waals surface area contributed by atoms with Crippen LogP contribution in [0.2, 0.25) is 0 Å². The lowest BCUT2D eigenvalue weighted by Crippen LogP contribution is -2.29. The zero-order valence-electron chi connectivity index (χ0n) is 19.4. The number of rotatable bonds is 6. The summed E-state index contributed by atoms with van der Waals surface area (Å²) in [6.45, 7) is 1.34. The minimum Gasteiger partial charge on any atom is -0.484 e. The van der Waals surface area contributed by atoms with Crippen LogP contribution in [0.4, 0.5) is 5.13 Å². The Bertz CT molecular complexity index is 1640. The molecule has 1 atom stereocenters. The van der Waals surface area contributed by atoms with E-state index in [1.165, 1.54) is 12.0 Å². The van der Waals surface area contributed by atoms with Gasteiger partial charge in [0.1, 0.15) is 16.2 Å². The van der Waals surface area contributed by atoms with E-state index in [1.54, 1.807) is 49.4 Å². The van der Waals surface area contributed by atoms with E-state index in [2.05, 4.69) is 20.9 Å². The molecule has 3 heterocycles. The van der Waals surface area contributed by atoms with Gasteiger partial charge in [-0.2, -0.15) is 0 Å². The van der Waals surface area contributed by atoms with Gasteiger partial charge in [-0.1, -0.05) is 39.4 Å². The van der Waals surface area contributed by atoms with Crippen LogP contribution >= 0.6 is 27.3 Å². The quantitative estimate of drug-likeness (QED) is 0.338. The summed E-state index contributed by atoms with van der Waals surface area (Å²) >= 11 is 4.36. The SMILES string of the molecule is COC(=O)c1sc(N2C(=O)c3oc4ccc(Br)cc4c(=O)c3C2c2ccc(OCC(N)=O)cc2)nc1C. The average Bonchev–Trinajstić information content (AvgIpc) is 3.40. The third-order valence-corrected chi connectivity index (χ3v) is 7.40. The third-order valence-electron chi connectivity index (χ3n) is 5.77. The van der Waals surface area contributed by atoms with E-state index < -0.39 is 23.8 Å². The fraction of sp³-hybridized carbons (Fsp3) is 0.160. The molecule has 0 spiro atoms. The fourth-order valence-corrected chi connectivity index (χ4v) is 5.50. The molecule has 2 aromatic carbocycles. The summed E-state index contributed by atoms with van der Waals surface area (Å²) in [7, 11) is 1.26. The number of aryl methyl sites for hydroxylation is 1. The van der Waals surface area contributed by atoms with Crippen LogP contribution in [0.1, 0.15) is 43.1 Å². The first kappa shape index (κ1) is 24.7. The number of primary amides is 1. The maximum Gasteiger partial charge on any atom is 0.350 e. The molecule has 188 valence electrons. The molecular formula is C25H18BrN3O7S. The Balaban J connectivity index is 1.70. The van der Waals surface area contributed by atoms with Crippen LogP contribution in [0, 0.1) is 6.92 Å². The van der Waals surface area contributed by atoms with Crippen molar-refractivity contribution < 1.29 is 28.3 Å². The van der Waals surface area contributed by atoms with E-state index in [1.807, 2.05) is 0 Å². The van der Waals surface area contributed by atoms with Crippen molar-refractivity contribution in [3.05, 3.63) is 84.6 Å². The summed E-state index contributed by atoms with van der Waals surface area (Å²) in [5.41, 5.74) is 6.14. The second kappa shape index (κ2) is 9.45. The van der Waals surface area contributed by atoms with E-state index in [9.17, 15) is 19.2 Å². The molecule has 0 fully saturated rings. The molecule has 1 unspecified atom stereocenters. The smallest absolute Gasteiger partial charge is 0.350 e. The number of hydrogen-bond acceptors (Lipinski definition) is 9. The first-order valence-electron chi connectivity index (χ1n) is 10.9. The molecule has 0 radical (unpaired) electrons. The number of hydrogen-bond donors (Lipinski definition) is 1. The number of carbonyl (C=O) groups excluding carboxylic acids is 3. The molecule has 12 heteroatoms. The Kier molecular flexibility index (Phi) is 6.30. The number of benzene rings is 2. The summed E-state index contributed by atoms with van der Waals surface area (Å²) < 4.78 is 16.8. The van der Waals surface area contributed by atoms with Crippen LogP contribution in [0.25, 0.3) is 11.0 Å². The molecule has 0 aliphatic carbocycles. The minimum absolute atomic E-state index is 0.105. The highest BCUT2D eigenvalue weighted by molar-refractivity contribution is 9.10. The second-order valence-corrected chi connectivity index (χ2v) is 10.0. The van der Waals surface area contributed by atoms with Gasteiger partial charge in [0.2, 0.25) is 5.76 Å². The summed E-state index contributed by atoms with van der Waals surface area (Å²) in [5.74, 6) is -1.50. The van der Waals surface area contributed by atoms with Crippen LogP contribution in [0.15, 0.2) is 56.1 Å². The monoisotopic (exact) mass is 583 g/mol. The fourth-order valence-electron chi connectivity index (χ4n) is 4.13. The first-order chi connectivity index (χ1) is 17.7. The molecule has 5 rings (SSSR count). The van der Waals surface area contributed by atoms with Gasteiger partial charge >= 0.3 is 5.97 Å². The molecule has 2 aromatic heterocycles. The molecule has 10 nitrogen and oxygen atoms in total. The number of carbonyl (C=O) groups is 3. The molecule has 0 saturated carbocycles. The number of esters is 1. The summed E-state index contributed by atoms with van der Waals surface area (Å²) in [5, 5.41) is 0.512. The molecular weight excluding hydrogens is 566 g/mol. The topological polar surface area (TPSA) is 142 Å². The highest BCUT2D eigenvalue weighted by Crippen LogP contribution is 2.43. The van der Waals surface area contributed by atoms with Crippen LogP contribution in [0.3, 0.4) is 0 Å². The highest BCUT2D eigenvalue weighted by Gasteiger charge is 2.45. The van der Waals surface area contributed by atoms with Gasteiger partial charge in [0, 0.05) is 4.47 Å². The number of aromatic nitrogens is 1. The Morgan fingerprint density at radius 1 is 1.19 bits per heavy atom. The Labute approximate surface area is 221 Å². The number of methoxy groups -OCH3 is 1. The zero-order valence-corrected chi connectivity index (χ0v) is 21.8. The summed E-state index contributed by atoms with van der Waals surface area (Å²) in [6, 6.07) is 10.6. The Hall–Kier alpha value is -4.03. The number of halogens is 1. The van der Waals surface area contributed by atoms with Gasteiger partial charge in [-0.05, 0) is 42.8 Å². The number of amides is 2. The second-order valence-electron chi connectivity index (χ2n) is 8.12.